The topological polar surface area (TPSA) is 64.6 Å². The molecule has 1 N–H and O–H groups in total. The fraction of sp³-hybridized carbons (Fsp3) is 0.619. The Labute approximate surface area is 158 Å². The predicted molar refractivity (Wildman–Crippen MR) is 96.8 cm³/mol. The molecule has 4 aliphatic carbocycles. The van der Waals surface area contributed by atoms with E-state index < -0.39 is 11.8 Å². The zero-order chi connectivity index (χ0) is 19.0. The molecule has 0 saturated heterocycles. The smallest absolute Gasteiger partial charge is 0.338 e. The molecule has 4 bridgehead atoms. The molecule has 1 aromatic carbocycles. The van der Waals surface area contributed by atoms with Crippen LogP contribution in [0.25, 0.3) is 0 Å². The minimum Gasteiger partial charge on any atom is -0.494 e. The Hall–Kier alpha value is -2.11. The summed E-state index contributed by atoms with van der Waals surface area (Å²) < 4.78 is 23.5. The van der Waals surface area contributed by atoms with E-state index in [-0.39, 0.29) is 29.2 Å². The highest BCUT2D eigenvalue weighted by atomic mass is 19.1. The number of hydrogen-bond acceptors (Lipinski definition) is 4. The molecule has 0 aromatic heterocycles. The van der Waals surface area contributed by atoms with E-state index >= 15 is 0 Å². The standard InChI is InChI=1S/C21H26FNO4/c1-26-18-3-2-16(7-17(18)22)20(25)27-11-19(24)23-12-21-8-13-4-14(9-21)6-15(5-13)10-21/h2-3,7,13-15H,4-6,8-12H2,1H3,(H,23,24). The molecule has 27 heavy (non-hydrogen) atoms. The second-order valence-corrected chi connectivity index (χ2v) is 8.62. The fourth-order valence-corrected chi connectivity index (χ4v) is 5.85. The number of esters is 1. The second kappa shape index (κ2) is 7.13. The number of benzene rings is 1. The van der Waals surface area contributed by atoms with Crippen LogP contribution in [-0.4, -0.2) is 32.1 Å². The van der Waals surface area contributed by atoms with Crippen LogP contribution in [0.1, 0.15) is 48.9 Å². The lowest BCUT2D eigenvalue weighted by atomic mass is 9.49. The number of nitrogens with one attached hydrogen (secondary N) is 1. The molecule has 1 amide bonds. The van der Waals surface area contributed by atoms with Crippen molar-refractivity contribution in [2.24, 2.45) is 23.2 Å². The van der Waals surface area contributed by atoms with Crippen LogP contribution in [0.5, 0.6) is 5.75 Å². The normalized spacial score (nSPS) is 30.8. The number of halogens is 1. The molecule has 0 heterocycles. The van der Waals surface area contributed by atoms with E-state index in [0.717, 1.165) is 23.8 Å². The van der Waals surface area contributed by atoms with E-state index in [1.165, 1.54) is 57.8 Å². The van der Waals surface area contributed by atoms with Crippen molar-refractivity contribution in [2.45, 2.75) is 38.5 Å². The first-order valence-corrected chi connectivity index (χ1v) is 9.74. The third kappa shape index (κ3) is 3.80. The molecule has 4 saturated carbocycles. The summed E-state index contributed by atoms with van der Waals surface area (Å²) in [4.78, 5) is 24.2. The highest BCUT2D eigenvalue weighted by molar-refractivity contribution is 5.91. The second-order valence-electron chi connectivity index (χ2n) is 8.62. The zero-order valence-electron chi connectivity index (χ0n) is 15.6. The van der Waals surface area contributed by atoms with Gasteiger partial charge in [0, 0.05) is 6.54 Å². The summed E-state index contributed by atoms with van der Waals surface area (Å²) in [6, 6.07) is 3.82. The summed E-state index contributed by atoms with van der Waals surface area (Å²) in [5.74, 6) is 0.885. The van der Waals surface area contributed by atoms with Crippen molar-refractivity contribution in [3.8, 4) is 5.75 Å². The summed E-state index contributed by atoms with van der Waals surface area (Å²) in [7, 11) is 1.35. The Morgan fingerprint density at radius 1 is 1.15 bits per heavy atom. The third-order valence-corrected chi connectivity index (χ3v) is 6.55. The molecular formula is C21H26FNO4. The first kappa shape index (κ1) is 18.3. The molecule has 4 aliphatic rings. The number of carbonyl (C=O) groups is 2. The van der Waals surface area contributed by atoms with Crippen LogP contribution in [0.3, 0.4) is 0 Å². The van der Waals surface area contributed by atoms with Crippen molar-refractivity contribution in [3.05, 3.63) is 29.6 Å². The lowest BCUT2D eigenvalue weighted by Gasteiger charge is -2.56. The quantitative estimate of drug-likeness (QED) is 0.775. The van der Waals surface area contributed by atoms with E-state index in [1.54, 1.807) is 0 Å². The largest absolute Gasteiger partial charge is 0.494 e. The molecule has 0 radical (unpaired) electrons. The van der Waals surface area contributed by atoms with Crippen LogP contribution in [0.15, 0.2) is 18.2 Å². The minimum atomic E-state index is -0.721. The van der Waals surface area contributed by atoms with E-state index in [1.807, 2.05) is 0 Å². The summed E-state index contributed by atoms with van der Waals surface area (Å²) >= 11 is 0. The highest BCUT2D eigenvalue weighted by Crippen LogP contribution is 2.59. The molecule has 0 unspecified atom stereocenters. The predicted octanol–water partition coefficient (Wildman–Crippen LogP) is 3.32. The first-order chi connectivity index (χ1) is 13.0. The van der Waals surface area contributed by atoms with Crippen molar-refractivity contribution in [3.63, 3.8) is 0 Å². The number of methoxy groups -OCH3 is 1. The van der Waals surface area contributed by atoms with Gasteiger partial charge in [0.05, 0.1) is 12.7 Å². The number of carbonyl (C=O) groups excluding carboxylic acids is 2. The fourth-order valence-electron chi connectivity index (χ4n) is 5.85. The van der Waals surface area contributed by atoms with Gasteiger partial charge >= 0.3 is 5.97 Å². The van der Waals surface area contributed by atoms with E-state index in [2.05, 4.69) is 5.32 Å². The molecule has 0 atom stereocenters. The monoisotopic (exact) mass is 375 g/mol. The van der Waals surface area contributed by atoms with Crippen molar-refractivity contribution in [1.82, 2.24) is 5.32 Å². The molecule has 5 nitrogen and oxygen atoms in total. The molecule has 146 valence electrons. The van der Waals surface area contributed by atoms with Crippen molar-refractivity contribution < 1.29 is 23.5 Å². The van der Waals surface area contributed by atoms with Crippen LogP contribution in [-0.2, 0) is 9.53 Å². The van der Waals surface area contributed by atoms with Gasteiger partial charge in [-0.1, -0.05) is 0 Å². The third-order valence-electron chi connectivity index (χ3n) is 6.55. The lowest BCUT2D eigenvalue weighted by Crippen LogP contribution is -2.51. The van der Waals surface area contributed by atoms with Gasteiger partial charge in [0.2, 0.25) is 0 Å². The minimum absolute atomic E-state index is 0.0554. The lowest BCUT2D eigenvalue weighted by molar-refractivity contribution is -0.126. The van der Waals surface area contributed by atoms with Gasteiger partial charge < -0.3 is 14.8 Å². The van der Waals surface area contributed by atoms with E-state index in [0.29, 0.717) is 6.54 Å². The van der Waals surface area contributed by atoms with Gasteiger partial charge in [0.25, 0.3) is 5.91 Å². The average molecular weight is 375 g/mol. The maximum absolute atomic E-state index is 13.7. The van der Waals surface area contributed by atoms with Gasteiger partial charge in [-0.25, -0.2) is 9.18 Å². The van der Waals surface area contributed by atoms with Gasteiger partial charge in [-0.2, -0.15) is 0 Å². The van der Waals surface area contributed by atoms with Crippen molar-refractivity contribution in [2.75, 3.05) is 20.3 Å². The van der Waals surface area contributed by atoms with Crippen LogP contribution in [0.2, 0.25) is 0 Å². The zero-order valence-corrected chi connectivity index (χ0v) is 15.6. The Balaban J connectivity index is 1.26. The summed E-state index contributed by atoms with van der Waals surface area (Å²) in [6.45, 7) is 0.322. The maximum Gasteiger partial charge on any atom is 0.338 e. The molecule has 4 fully saturated rings. The van der Waals surface area contributed by atoms with Crippen LogP contribution < -0.4 is 10.1 Å². The molecule has 0 aliphatic heterocycles. The number of ether oxygens (including phenoxy) is 2. The number of rotatable bonds is 6. The molecule has 0 spiro atoms. The van der Waals surface area contributed by atoms with E-state index in [9.17, 15) is 14.0 Å². The highest BCUT2D eigenvalue weighted by Gasteiger charge is 2.50. The number of hydrogen-bond donors (Lipinski definition) is 1. The van der Waals surface area contributed by atoms with Gasteiger partial charge in [-0.3, -0.25) is 4.79 Å². The van der Waals surface area contributed by atoms with Crippen LogP contribution >= 0.6 is 0 Å². The van der Waals surface area contributed by atoms with Gasteiger partial charge in [-0.15, -0.1) is 0 Å². The Morgan fingerprint density at radius 3 is 2.33 bits per heavy atom. The summed E-state index contributed by atoms with van der Waals surface area (Å²) in [6.07, 6.45) is 7.73. The van der Waals surface area contributed by atoms with Gasteiger partial charge in [0.15, 0.2) is 18.2 Å². The molecule has 6 heteroatoms. The maximum atomic E-state index is 13.7. The van der Waals surface area contributed by atoms with Crippen LogP contribution in [0, 0.1) is 29.0 Å². The molecule has 5 rings (SSSR count). The SMILES string of the molecule is COc1ccc(C(=O)OCC(=O)NCC23CC4CC(CC(C4)C2)C3)cc1F. The van der Waals surface area contributed by atoms with Gasteiger partial charge in [0.1, 0.15) is 0 Å². The van der Waals surface area contributed by atoms with E-state index in [4.69, 9.17) is 9.47 Å². The average Bonchev–Trinajstić information content (AvgIpc) is 2.63. The van der Waals surface area contributed by atoms with Crippen LogP contribution in [0.4, 0.5) is 4.39 Å². The number of amides is 1. The molecular weight excluding hydrogens is 349 g/mol. The Kier molecular flexibility index (Phi) is 4.82. The first-order valence-electron chi connectivity index (χ1n) is 9.74. The summed E-state index contributed by atoms with van der Waals surface area (Å²) in [5.41, 5.74) is 0.301. The Bertz CT molecular complexity index is 712. The van der Waals surface area contributed by atoms with Gasteiger partial charge in [-0.05, 0) is 79.9 Å². The van der Waals surface area contributed by atoms with Crippen molar-refractivity contribution in [1.29, 1.82) is 0 Å². The molecule has 1 aromatic rings. The van der Waals surface area contributed by atoms with Crippen molar-refractivity contribution >= 4 is 11.9 Å². The summed E-state index contributed by atoms with van der Waals surface area (Å²) in [5, 5.41) is 2.97. The Morgan fingerprint density at radius 2 is 1.78 bits per heavy atom.